The summed E-state index contributed by atoms with van der Waals surface area (Å²) in [7, 11) is 0. The summed E-state index contributed by atoms with van der Waals surface area (Å²) in [6.45, 7) is 3.51. The Bertz CT molecular complexity index is 306. The van der Waals surface area contributed by atoms with Crippen molar-refractivity contribution in [3.8, 4) is 0 Å². The monoisotopic (exact) mass is 186 g/mol. The van der Waals surface area contributed by atoms with Crippen LogP contribution in [0.2, 0.25) is 0 Å². The minimum absolute atomic E-state index is 0.118. The number of hydrogen-bond donors (Lipinski definition) is 2. The Morgan fingerprint density at radius 2 is 2.33 bits per heavy atom. The minimum Gasteiger partial charge on any atom is -0.476 e. The van der Waals surface area contributed by atoms with E-state index in [1.165, 1.54) is 11.3 Å². The maximum absolute atomic E-state index is 10.6. The van der Waals surface area contributed by atoms with Gasteiger partial charge in [-0.25, -0.2) is 9.78 Å². The van der Waals surface area contributed by atoms with Gasteiger partial charge in [0, 0.05) is 4.88 Å². The SMILES string of the molecule is Cc1sc(C(C)N)nc1C(=O)O. The molecule has 0 bridgehead atoms. The first-order valence-corrected chi connectivity index (χ1v) is 4.30. The van der Waals surface area contributed by atoms with E-state index in [2.05, 4.69) is 4.98 Å². The third-order valence-electron chi connectivity index (χ3n) is 1.41. The standard InChI is InChI=1S/C7H10N2O2S/c1-3(8)6-9-5(7(10)11)4(2)12-6/h3H,8H2,1-2H3,(H,10,11). The summed E-state index contributed by atoms with van der Waals surface area (Å²) >= 11 is 1.33. The molecular formula is C7H10N2O2S. The summed E-state index contributed by atoms with van der Waals surface area (Å²) in [5, 5.41) is 9.34. The van der Waals surface area contributed by atoms with Crippen LogP contribution in [0.25, 0.3) is 0 Å². The number of hydrogen-bond acceptors (Lipinski definition) is 4. The Hall–Kier alpha value is -0.940. The Balaban J connectivity index is 3.09. The quantitative estimate of drug-likeness (QED) is 0.726. The van der Waals surface area contributed by atoms with Gasteiger partial charge in [0.15, 0.2) is 5.69 Å². The van der Waals surface area contributed by atoms with Gasteiger partial charge >= 0.3 is 5.97 Å². The fraction of sp³-hybridized carbons (Fsp3) is 0.429. The van der Waals surface area contributed by atoms with Crippen molar-refractivity contribution in [2.45, 2.75) is 19.9 Å². The first-order chi connectivity index (χ1) is 5.52. The molecule has 0 amide bonds. The average Bonchev–Trinajstić information content (AvgIpc) is 2.30. The zero-order valence-corrected chi connectivity index (χ0v) is 7.68. The first-order valence-electron chi connectivity index (χ1n) is 3.48. The number of carbonyl (C=O) groups is 1. The number of aryl methyl sites for hydroxylation is 1. The summed E-state index contributed by atoms with van der Waals surface area (Å²) < 4.78 is 0. The maximum atomic E-state index is 10.6. The normalized spacial score (nSPS) is 12.9. The van der Waals surface area contributed by atoms with Crippen LogP contribution in [-0.2, 0) is 0 Å². The van der Waals surface area contributed by atoms with Crippen LogP contribution in [0.1, 0.15) is 33.3 Å². The molecule has 0 aliphatic rings. The summed E-state index contributed by atoms with van der Waals surface area (Å²) in [5.41, 5.74) is 5.67. The molecule has 3 N–H and O–H groups in total. The number of carboxylic acid groups (broad SMARTS) is 1. The molecule has 66 valence electrons. The van der Waals surface area contributed by atoms with Gasteiger partial charge in [-0.2, -0.15) is 0 Å². The highest BCUT2D eigenvalue weighted by Gasteiger charge is 2.15. The van der Waals surface area contributed by atoms with E-state index >= 15 is 0 Å². The Kier molecular flexibility index (Phi) is 2.44. The van der Waals surface area contributed by atoms with Crippen LogP contribution in [0, 0.1) is 6.92 Å². The minimum atomic E-state index is -0.990. The van der Waals surface area contributed by atoms with Gasteiger partial charge in [0.2, 0.25) is 0 Å². The van der Waals surface area contributed by atoms with E-state index < -0.39 is 5.97 Å². The van der Waals surface area contributed by atoms with Crippen molar-refractivity contribution in [2.24, 2.45) is 5.73 Å². The number of nitrogens with zero attached hydrogens (tertiary/aromatic N) is 1. The van der Waals surface area contributed by atoms with Crippen LogP contribution in [0.15, 0.2) is 0 Å². The van der Waals surface area contributed by atoms with Gasteiger partial charge in [-0.1, -0.05) is 0 Å². The molecule has 4 nitrogen and oxygen atoms in total. The molecule has 0 radical (unpaired) electrons. The second-order valence-corrected chi connectivity index (χ2v) is 3.79. The summed E-state index contributed by atoms with van der Waals surface area (Å²) in [4.78, 5) is 15.2. The molecule has 1 heterocycles. The largest absolute Gasteiger partial charge is 0.476 e. The maximum Gasteiger partial charge on any atom is 0.355 e. The van der Waals surface area contributed by atoms with Crippen molar-refractivity contribution in [1.82, 2.24) is 4.98 Å². The molecule has 0 aliphatic heterocycles. The highest BCUT2D eigenvalue weighted by molar-refractivity contribution is 7.11. The van der Waals surface area contributed by atoms with Gasteiger partial charge in [-0.05, 0) is 13.8 Å². The second kappa shape index (κ2) is 3.20. The zero-order chi connectivity index (χ0) is 9.30. The van der Waals surface area contributed by atoms with Crippen molar-refractivity contribution in [3.05, 3.63) is 15.6 Å². The molecule has 0 saturated heterocycles. The van der Waals surface area contributed by atoms with Crippen LogP contribution in [-0.4, -0.2) is 16.1 Å². The molecule has 12 heavy (non-hydrogen) atoms. The van der Waals surface area contributed by atoms with E-state index in [1.807, 2.05) is 0 Å². The predicted octanol–water partition coefficient (Wildman–Crippen LogP) is 1.17. The summed E-state index contributed by atoms with van der Waals surface area (Å²) in [5.74, 6) is -0.990. The van der Waals surface area contributed by atoms with E-state index in [4.69, 9.17) is 10.8 Å². The van der Waals surface area contributed by atoms with Crippen molar-refractivity contribution in [3.63, 3.8) is 0 Å². The number of aromatic carboxylic acids is 1. The van der Waals surface area contributed by atoms with Gasteiger partial charge in [0.1, 0.15) is 5.01 Å². The molecular weight excluding hydrogens is 176 g/mol. The zero-order valence-electron chi connectivity index (χ0n) is 6.87. The van der Waals surface area contributed by atoms with Crippen LogP contribution < -0.4 is 5.73 Å². The molecule has 1 unspecified atom stereocenters. The van der Waals surface area contributed by atoms with Gasteiger partial charge in [-0.3, -0.25) is 0 Å². The third-order valence-corrected chi connectivity index (χ3v) is 2.58. The lowest BCUT2D eigenvalue weighted by molar-refractivity contribution is 0.0690. The number of aromatic nitrogens is 1. The fourth-order valence-electron chi connectivity index (χ4n) is 0.810. The Morgan fingerprint density at radius 3 is 2.58 bits per heavy atom. The van der Waals surface area contributed by atoms with E-state index in [0.717, 1.165) is 0 Å². The molecule has 0 saturated carbocycles. The molecule has 1 aromatic rings. The van der Waals surface area contributed by atoms with Crippen LogP contribution in [0.4, 0.5) is 0 Å². The van der Waals surface area contributed by atoms with Crippen LogP contribution >= 0.6 is 11.3 Å². The number of carboxylic acids is 1. The van der Waals surface area contributed by atoms with Crippen molar-refractivity contribution < 1.29 is 9.90 Å². The van der Waals surface area contributed by atoms with Gasteiger partial charge in [0.05, 0.1) is 6.04 Å². The van der Waals surface area contributed by atoms with Crippen LogP contribution in [0.5, 0.6) is 0 Å². The second-order valence-electron chi connectivity index (χ2n) is 2.55. The van der Waals surface area contributed by atoms with Gasteiger partial charge < -0.3 is 10.8 Å². The third kappa shape index (κ3) is 1.62. The Labute approximate surface area is 74.0 Å². The lowest BCUT2D eigenvalue weighted by atomic mass is 10.3. The van der Waals surface area contributed by atoms with E-state index in [1.54, 1.807) is 13.8 Å². The number of rotatable bonds is 2. The predicted molar refractivity (Wildman–Crippen MR) is 46.4 cm³/mol. The number of thiazole rings is 1. The van der Waals surface area contributed by atoms with Crippen molar-refractivity contribution in [2.75, 3.05) is 0 Å². The Morgan fingerprint density at radius 1 is 1.75 bits per heavy atom. The lowest BCUT2D eigenvalue weighted by Crippen LogP contribution is -2.05. The van der Waals surface area contributed by atoms with Crippen molar-refractivity contribution >= 4 is 17.3 Å². The van der Waals surface area contributed by atoms with Crippen molar-refractivity contribution in [1.29, 1.82) is 0 Å². The number of nitrogens with two attached hydrogens (primary N) is 1. The molecule has 5 heteroatoms. The molecule has 1 aromatic heterocycles. The highest BCUT2D eigenvalue weighted by Crippen LogP contribution is 2.21. The topological polar surface area (TPSA) is 76.2 Å². The highest BCUT2D eigenvalue weighted by atomic mass is 32.1. The van der Waals surface area contributed by atoms with E-state index in [9.17, 15) is 4.79 Å². The fourth-order valence-corrected chi connectivity index (χ4v) is 1.68. The summed E-state index contributed by atoms with van der Waals surface area (Å²) in [6.07, 6.45) is 0. The molecule has 1 rings (SSSR count). The summed E-state index contributed by atoms with van der Waals surface area (Å²) in [6, 6.07) is -0.193. The molecule has 0 spiro atoms. The van der Waals surface area contributed by atoms with Crippen LogP contribution in [0.3, 0.4) is 0 Å². The van der Waals surface area contributed by atoms with E-state index in [0.29, 0.717) is 9.88 Å². The molecule has 0 fully saturated rings. The first kappa shape index (κ1) is 9.15. The molecule has 1 atom stereocenters. The van der Waals surface area contributed by atoms with Gasteiger partial charge in [0.25, 0.3) is 0 Å². The van der Waals surface area contributed by atoms with E-state index in [-0.39, 0.29) is 11.7 Å². The smallest absolute Gasteiger partial charge is 0.355 e. The van der Waals surface area contributed by atoms with Gasteiger partial charge in [-0.15, -0.1) is 11.3 Å². The molecule has 0 aromatic carbocycles. The lowest BCUT2D eigenvalue weighted by Gasteiger charge is -1.95. The average molecular weight is 186 g/mol. The molecule has 0 aliphatic carbocycles.